The van der Waals surface area contributed by atoms with Gasteiger partial charge in [-0.1, -0.05) is 6.07 Å². The van der Waals surface area contributed by atoms with E-state index in [1.165, 1.54) is 12.1 Å². The first-order valence-electron chi connectivity index (χ1n) is 4.85. The van der Waals surface area contributed by atoms with Crippen molar-refractivity contribution < 1.29 is 9.50 Å². The predicted molar refractivity (Wildman–Crippen MR) is 55.8 cm³/mol. The van der Waals surface area contributed by atoms with Crippen LogP contribution in [0.3, 0.4) is 0 Å². The highest BCUT2D eigenvalue weighted by molar-refractivity contribution is 5.43. The van der Waals surface area contributed by atoms with Crippen molar-refractivity contribution in [2.24, 2.45) is 0 Å². The van der Waals surface area contributed by atoms with E-state index in [1.54, 1.807) is 6.07 Å². The van der Waals surface area contributed by atoms with Crippen LogP contribution in [-0.2, 0) is 0 Å². The lowest BCUT2D eigenvalue weighted by atomic mass is 10.2. The summed E-state index contributed by atoms with van der Waals surface area (Å²) in [7, 11) is 0. The predicted octanol–water partition coefficient (Wildman–Crippen LogP) is 2.40. The number of benzene rings is 1. The number of anilines is 1. The third kappa shape index (κ3) is 3.75. The summed E-state index contributed by atoms with van der Waals surface area (Å²) >= 11 is 0. The Kier molecular flexibility index (Phi) is 4.40. The average Bonchev–Trinajstić information content (AvgIpc) is 2.15. The third-order valence-corrected chi connectivity index (χ3v) is 2.03. The van der Waals surface area contributed by atoms with Crippen LogP contribution in [0.2, 0.25) is 0 Å². The molecule has 0 saturated heterocycles. The van der Waals surface area contributed by atoms with E-state index in [2.05, 4.69) is 5.32 Å². The van der Waals surface area contributed by atoms with Gasteiger partial charge in [0, 0.05) is 18.3 Å². The molecule has 0 amide bonds. The molecule has 78 valence electrons. The average molecular weight is 197 g/mol. The minimum atomic E-state index is -0.232. The van der Waals surface area contributed by atoms with Crippen LogP contribution in [0.15, 0.2) is 24.3 Å². The van der Waals surface area contributed by atoms with Crippen LogP contribution in [0.25, 0.3) is 0 Å². The standard InChI is InChI=1S/C11H16FNO/c1-9(4-3-7-14)13-11-6-2-5-10(12)8-11/h2,5-6,8-9,13-14H,3-4,7H2,1H3. The molecule has 1 aromatic carbocycles. The molecule has 1 atom stereocenters. The van der Waals surface area contributed by atoms with Gasteiger partial charge in [0.05, 0.1) is 0 Å². The molecule has 0 heterocycles. The number of hydrogen-bond acceptors (Lipinski definition) is 2. The quantitative estimate of drug-likeness (QED) is 0.759. The topological polar surface area (TPSA) is 32.3 Å². The molecule has 2 N–H and O–H groups in total. The van der Waals surface area contributed by atoms with E-state index < -0.39 is 0 Å². The maximum Gasteiger partial charge on any atom is 0.125 e. The number of aliphatic hydroxyl groups excluding tert-OH is 1. The lowest BCUT2D eigenvalue weighted by molar-refractivity contribution is 0.282. The van der Waals surface area contributed by atoms with Gasteiger partial charge in [-0.05, 0) is 38.0 Å². The van der Waals surface area contributed by atoms with Crippen molar-refractivity contribution in [3.63, 3.8) is 0 Å². The zero-order chi connectivity index (χ0) is 10.4. The summed E-state index contributed by atoms with van der Waals surface area (Å²) in [5.41, 5.74) is 0.787. The Morgan fingerprint density at radius 2 is 2.29 bits per heavy atom. The summed E-state index contributed by atoms with van der Waals surface area (Å²) in [6.45, 7) is 2.22. The first kappa shape index (κ1) is 11.0. The molecule has 0 radical (unpaired) electrons. The largest absolute Gasteiger partial charge is 0.396 e. The second-order valence-corrected chi connectivity index (χ2v) is 3.42. The maximum absolute atomic E-state index is 12.8. The fourth-order valence-electron chi connectivity index (χ4n) is 1.33. The van der Waals surface area contributed by atoms with E-state index in [-0.39, 0.29) is 18.5 Å². The summed E-state index contributed by atoms with van der Waals surface area (Å²) in [5.74, 6) is -0.232. The van der Waals surface area contributed by atoms with E-state index in [9.17, 15) is 4.39 Å². The lowest BCUT2D eigenvalue weighted by Crippen LogP contribution is -2.15. The number of rotatable bonds is 5. The Labute approximate surface area is 83.8 Å². The highest BCUT2D eigenvalue weighted by Crippen LogP contribution is 2.11. The summed E-state index contributed by atoms with van der Waals surface area (Å²) in [5, 5.41) is 11.8. The number of halogens is 1. The Balaban J connectivity index is 2.43. The Bertz CT molecular complexity index is 278. The molecular weight excluding hydrogens is 181 g/mol. The fraction of sp³-hybridized carbons (Fsp3) is 0.455. The summed E-state index contributed by atoms with van der Waals surface area (Å²) in [6.07, 6.45) is 1.65. The molecule has 0 aromatic heterocycles. The Morgan fingerprint density at radius 1 is 1.50 bits per heavy atom. The van der Waals surface area contributed by atoms with Crippen LogP contribution in [0.4, 0.5) is 10.1 Å². The molecule has 14 heavy (non-hydrogen) atoms. The first-order valence-corrected chi connectivity index (χ1v) is 4.85. The highest BCUT2D eigenvalue weighted by atomic mass is 19.1. The smallest absolute Gasteiger partial charge is 0.125 e. The van der Waals surface area contributed by atoms with E-state index in [4.69, 9.17) is 5.11 Å². The van der Waals surface area contributed by atoms with Gasteiger partial charge in [0.2, 0.25) is 0 Å². The molecule has 0 fully saturated rings. The van der Waals surface area contributed by atoms with Crippen LogP contribution >= 0.6 is 0 Å². The molecule has 0 bridgehead atoms. The third-order valence-electron chi connectivity index (χ3n) is 2.03. The monoisotopic (exact) mass is 197 g/mol. The van der Waals surface area contributed by atoms with Crippen molar-refractivity contribution in [2.45, 2.75) is 25.8 Å². The lowest BCUT2D eigenvalue weighted by Gasteiger charge is -2.14. The SMILES string of the molecule is CC(CCCO)Nc1cccc(F)c1. The molecule has 0 aliphatic carbocycles. The Hall–Kier alpha value is -1.09. The van der Waals surface area contributed by atoms with E-state index in [0.29, 0.717) is 0 Å². The van der Waals surface area contributed by atoms with Gasteiger partial charge in [0.15, 0.2) is 0 Å². The van der Waals surface area contributed by atoms with Crippen molar-refractivity contribution in [3.05, 3.63) is 30.1 Å². The summed E-state index contributed by atoms with van der Waals surface area (Å²) in [4.78, 5) is 0. The van der Waals surface area contributed by atoms with Gasteiger partial charge < -0.3 is 10.4 Å². The second-order valence-electron chi connectivity index (χ2n) is 3.42. The van der Waals surface area contributed by atoms with Crippen LogP contribution in [-0.4, -0.2) is 17.8 Å². The second kappa shape index (κ2) is 5.60. The number of hydrogen-bond donors (Lipinski definition) is 2. The molecule has 1 unspecified atom stereocenters. The van der Waals surface area contributed by atoms with Crippen LogP contribution in [0.5, 0.6) is 0 Å². The van der Waals surface area contributed by atoms with Crippen molar-refractivity contribution >= 4 is 5.69 Å². The maximum atomic E-state index is 12.8. The first-order chi connectivity index (χ1) is 6.72. The molecule has 0 saturated carbocycles. The van der Waals surface area contributed by atoms with Gasteiger partial charge >= 0.3 is 0 Å². The molecule has 3 heteroatoms. The van der Waals surface area contributed by atoms with Gasteiger partial charge in [-0.15, -0.1) is 0 Å². The molecular formula is C11H16FNO. The van der Waals surface area contributed by atoms with Gasteiger partial charge in [-0.2, -0.15) is 0 Å². The highest BCUT2D eigenvalue weighted by Gasteiger charge is 2.01. The van der Waals surface area contributed by atoms with Crippen molar-refractivity contribution in [1.29, 1.82) is 0 Å². The molecule has 0 aliphatic heterocycles. The summed E-state index contributed by atoms with van der Waals surface area (Å²) in [6, 6.07) is 6.65. The molecule has 2 nitrogen and oxygen atoms in total. The van der Waals surface area contributed by atoms with Gasteiger partial charge in [0.25, 0.3) is 0 Å². The van der Waals surface area contributed by atoms with Crippen molar-refractivity contribution in [1.82, 2.24) is 0 Å². The van der Waals surface area contributed by atoms with E-state index >= 15 is 0 Å². The minimum Gasteiger partial charge on any atom is -0.396 e. The van der Waals surface area contributed by atoms with Crippen molar-refractivity contribution in [3.8, 4) is 0 Å². The van der Waals surface area contributed by atoms with Gasteiger partial charge in [0.1, 0.15) is 5.82 Å². The van der Waals surface area contributed by atoms with Gasteiger partial charge in [-0.25, -0.2) is 4.39 Å². The molecule has 1 aromatic rings. The normalized spacial score (nSPS) is 12.5. The Morgan fingerprint density at radius 3 is 2.93 bits per heavy atom. The molecule has 1 rings (SSSR count). The fourth-order valence-corrected chi connectivity index (χ4v) is 1.33. The molecule has 0 aliphatic rings. The zero-order valence-electron chi connectivity index (χ0n) is 8.33. The van der Waals surface area contributed by atoms with E-state index in [1.807, 2.05) is 13.0 Å². The van der Waals surface area contributed by atoms with E-state index in [0.717, 1.165) is 18.5 Å². The van der Waals surface area contributed by atoms with Crippen molar-refractivity contribution in [2.75, 3.05) is 11.9 Å². The number of aliphatic hydroxyl groups is 1. The summed E-state index contributed by atoms with van der Waals surface area (Å²) < 4.78 is 12.8. The van der Waals surface area contributed by atoms with Gasteiger partial charge in [-0.3, -0.25) is 0 Å². The van der Waals surface area contributed by atoms with Crippen LogP contribution in [0, 0.1) is 5.82 Å². The zero-order valence-corrected chi connectivity index (χ0v) is 8.33. The van der Waals surface area contributed by atoms with Crippen LogP contribution in [0.1, 0.15) is 19.8 Å². The van der Waals surface area contributed by atoms with Crippen LogP contribution < -0.4 is 5.32 Å². The minimum absolute atomic E-state index is 0.204. The molecule has 0 spiro atoms. The number of nitrogens with one attached hydrogen (secondary N) is 1.